The molecule has 1 aromatic heterocycles. The van der Waals surface area contributed by atoms with Crippen molar-refractivity contribution in [1.29, 1.82) is 0 Å². The third-order valence-corrected chi connectivity index (χ3v) is 4.04. The van der Waals surface area contributed by atoms with Gasteiger partial charge in [-0.15, -0.1) is 5.10 Å². The first-order valence-corrected chi connectivity index (χ1v) is 7.77. The van der Waals surface area contributed by atoms with Crippen LogP contribution in [0.5, 0.6) is 0 Å². The topological polar surface area (TPSA) is 90.1 Å². The van der Waals surface area contributed by atoms with E-state index in [1.165, 1.54) is 6.42 Å². The summed E-state index contributed by atoms with van der Waals surface area (Å²) in [4.78, 5) is 10.8. The maximum atomic E-state index is 10.8. The smallest absolute Gasteiger partial charge is 0.303 e. The summed E-state index contributed by atoms with van der Waals surface area (Å²) in [5.74, 6) is 0.121. The van der Waals surface area contributed by atoms with Crippen molar-refractivity contribution in [2.24, 2.45) is 5.92 Å². The Morgan fingerprint density at radius 1 is 1.52 bits per heavy atom. The van der Waals surface area contributed by atoms with E-state index in [2.05, 4.69) is 15.5 Å². The van der Waals surface area contributed by atoms with Gasteiger partial charge in [-0.2, -0.15) is 0 Å². The average Bonchev–Trinajstić information content (AvgIpc) is 2.92. The quantitative estimate of drug-likeness (QED) is 0.785. The molecule has 1 aromatic rings. The molecule has 118 valence electrons. The van der Waals surface area contributed by atoms with Crippen molar-refractivity contribution < 1.29 is 14.6 Å². The second-order valence-electron chi connectivity index (χ2n) is 5.68. The van der Waals surface area contributed by atoms with Crippen molar-refractivity contribution in [2.75, 3.05) is 6.61 Å². The van der Waals surface area contributed by atoms with Gasteiger partial charge < -0.3 is 9.84 Å². The zero-order chi connectivity index (χ0) is 15.1. The number of carbonyl (C=O) groups is 1. The number of rotatable bonds is 8. The van der Waals surface area contributed by atoms with E-state index in [0.29, 0.717) is 12.6 Å². The van der Waals surface area contributed by atoms with Crippen LogP contribution in [0.15, 0.2) is 0 Å². The largest absolute Gasteiger partial charge is 0.481 e. The molecule has 0 bridgehead atoms. The van der Waals surface area contributed by atoms with E-state index in [4.69, 9.17) is 9.84 Å². The summed E-state index contributed by atoms with van der Waals surface area (Å²) in [6.07, 6.45) is 6.46. The number of aryl methyl sites for hydroxylation is 1. The Morgan fingerprint density at radius 2 is 2.38 bits per heavy atom. The monoisotopic (exact) mass is 296 g/mol. The highest BCUT2D eigenvalue weighted by Crippen LogP contribution is 2.18. The number of nitrogens with zero attached hydrogens (tertiary/aromatic N) is 4. The second-order valence-corrected chi connectivity index (χ2v) is 5.68. The second kappa shape index (κ2) is 8.07. The van der Waals surface area contributed by atoms with Gasteiger partial charge in [-0.1, -0.05) is 13.3 Å². The summed E-state index contributed by atoms with van der Waals surface area (Å²) in [6, 6.07) is 0. The Kier molecular flexibility index (Phi) is 6.10. The molecule has 7 heteroatoms. The van der Waals surface area contributed by atoms with Crippen LogP contribution in [0.1, 0.15) is 51.3 Å². The van der Waals surface area contributed by atoms with Crippen LogP contribution in [0.25, 0.3) is 0 Å². The minimum absolute atomic E-state index is 0.0654. The van der Waals surface area contributed by atoms with Crippen molar-refractivity contribution >= 4 is 5.97 Å². The first kappa shape index (κ1) is 15.9. The van der Waals surface area contributed by atoms with Gasteiger partial charge in [0.15, 0.2) is 5.82 Å². The predicted octanol–water partition coefficient (Wildman–Crippen LogP) is 1.68. The molecule has 2 atom stereocenters. The minimum Gasteiger partial charge on any atom is -0.481 e. The molecule has 0 spiro atoms. The van der Waals surface area contributed by atoms with E-state index in [1.807, 2.05) is 6.92 Å². The SMILES string of the molecule is CCC(CC(=O)O)Cn1nnnc1CCC1CCCCO1. The number of carboxylic acids is 1. The van der Waals surface area contributed by atoms with Crippen molar-refractivity contribution in [2.45, 2.75) is 64.5 Å². The molecule has 0 saturated carbocycles. The Morgan fingerprint density at radius 3 is 3.05 bits per heavy atom. The third kappa shape index (κ3) is 5.08. The highest BCUT2D eigenvalue weighted by Gasteiger charge is 2.18. The summed E-state index contributed by atoms with van der Waals surface area (Å²) in [7, 11) is 0. The molecule has 1 fully saturated rings. The highest BCUT2D eigenvalue weighted by molar-refractivity contribution is 5.66. The van der Waals surface area contributed by atoms with Crippen LogP contribution in [-0.2, 0) is 22.5 Å². The number of carboxylic acid groups (broad SMARTS) is 1. The normalized spacial score (nSPS) is 20.3. The van der Waals surface area contributed by atoms with Gasteiger partial charge in [0.05, 0.1) is 6.10 Å². The Balaban J connectivity index is 1.86. The van der Waals surface area contributed by atoms with Crippen LogP contribution < -0.4 is 0 Å². The molecule has 21 heavy (non-hydrogen) atoms. The van der Waals surface area contributed by atoms with Gasteiger partial charge in [0.1, 0.15) is 0 Å². The molecule has 2 rings (SSSR count). The van der Waals surface area contributed by atoms with Gasteiger partial charge >= 0.3 is 5.97 Å². The van der Waals surface area contributed by atoms with Gasteiger partial charge in [-0.25, -0.2) is 4.68 Å². The molecule has 0 amide bonds. The fraction of sp³-hybridized carbons (Fsp3) is 0.857. The molecule has 1 aliphatic rings. The molecule has 2 unspecified atom stereocenters. The lowest BCUT2D eigenvalue weighted by atomic mass is 10.0. The van der Waals surface area contributed by atoms with Gasteiger partial charge in [-0.05, 0) is 42.0 Å². The zero-order valence-electron chi connectivity index (χ0n) is 12.6. The Hall–Kier alpha value is -1.50. The molecular formula is C14H24N4O3. The van der Waals surface area contributed by atoms with Gasteiger partial charge in [-0.3, -0.25) is 4.79 Å². The van der Waals surface area contributed by atoms with Gasteiger partial charge in [0, 0.05) is 26.0 Å². The average molecular weight is 296 g/mol. The van der Waals surface area contributed by atoms with E-state index < -0.39 is 5.97 Å². The van der Waals surface area contributed by atoms with Crippen LogP contribution in [0.3, 0.4) is 0 Å². The fourth-order valence-electron chi connectivity index (χ4n) is 2.70. The van der Waals surface area contributed by atoms with E-state index >= 15 is 0 Å². The van der Waals surface area contributed by atoms with Crippen LogP contribution in [0, 0.1) is 5.92 Å². The fourth-order valence-corrected chi connectivity index (χ4v) is 2.70. The zero-order valence-corrected chi connectivity index (χ0v) is 12.6. The van der Waals surface area contributed by atoms with E-state index in [0.717, 1.165) is 44.5 Å². The first-order chi connectivity index (χ1) is 10.2. The van der Waals surface area contributed by atoms with Crippen molar-refractivity contribution in [3.63, 3.8) is 0 Å². The van der Waals surface area contributed by atoms with E-state index in [9.17, 15) is 4.79 Å². The predicted molar refractivity (Wildman–Crippen MR) is 75.8 cm³/mol. The van der Waals surface area contributed by atoms with Crippen LogP contribution >= 0.6 is 0 Å². The number of aliphatic carboxylic acids is 1. The summed E-state index contributed by atoms with van der Waals surface area (Å²) in [5, 5.41) is 20.7. The van der Waals surface area contributed by atoms with E-state index in [-0.39, 0.29) is 12.3 Å². The summed E-state index contributed by atoms with van der Waals surface area (Å²) in [6.45, 7) is 3.41. The van der Waals surface area contributed by atoms with Gasteiger partial charge in [0.25, 0.3) is 0 Å². The number of aromatic nitrogens is 4. The first-order valence-electron chi connectivity index (χ1n) is 7.77. The van der Waals surface area contributed by atoms with E-state index in [1.54, 1.807) is 4.68 Å². The minimum atomic E-state index is -0.771. The molecular weight excluding hydrogens is 272 g/mol. The van der Waals surface area contributed by atoms with Crippen molar-refractivity contribution in [1.82, 2.24) is 20.2 Å². The molecule has 0 aliphatic carbocycles. The standard InChI is InChI=1S/C14H24N4O3/c1-2-11(9-14(19)20)10-18-13(15-16-17-18)7-6-12-5-3-4-8-21-12/h11-12H,2-10H2,1H3,(H,19,20). The maximum Gasteiger partial charge on any atom is 0.303 e. The molecule has 1 aliphatic heterocycles. The number of hydrogen-bond acceptors (Lipinski definition) is 5. The maximum absolute atomic E-state index is 10.8. The molecule has 1 saturated heterocycles. The lowest BCUT2D eigenvalue weighted by Gasteiger charge is -2.22. The lowest BCUT2D eigenvalue weighted by molar-refractivity contribution is -0.138. The third-order valence-electron chi connectivity index (χ3n) is 4.04. The van der Waals surface area contributed by atoms with Crippen LogP contribution in [0.2, 0.25) is 0 Å². The van der Waals surface area contributed by atoms with Crippen LogP contribution in [0.4, 0.5) is 0 Å². The van der Waals surface area contributed by atoms with Crippen LogP contribution in [-0.4, -0.2) is 44.0 Å². The number of ether oxygens (including phenoxy) is 1. The summed E-state index contributed by atoms with van der Waals surface area (Å²) >= 11 is 0. The van der Waals surface area contributed by atoms with Gasteiger partial charge in [0.2, 0.25) is 0 Å². The molecule has 1 N–H and O–H groups in total. The summed E-state index contributed by atoms with van der Waals surface area (Å²) < 4.78 is 7.47. The highest BCUT2D eigenvalue weighted by atomic mass is 16.5. The Bertz CT molecular complexity index is 443. The van der Waals surface area contributed by atoms with Crippen molar-refractivity contribution in [3.8, 4) is 0 Å². The Labute approximate surface area is 124 Å². The van der Waals surface area contributed by atoms with Crippen molar-refractivity contribution in [3.05, 3.63) is 5.82 Å². The molecule has 7 nitrogen and oxygen atoms in total. The molecule has 0 radical (unpaired) electrons. The number of tetrazole rings is 1. The molecule has 0 aromatic carbocycles. The molecule has 2 heterocycles. The summed E-state index contributed by atoms with van der Waals surface area (Å²) in [5.41, 5.74) is 0. The lowest BCUT2D eigenvalue weighted by Crippen LogP contribution is -2.21. The number of hydrogen-bond donors (Lipinski definition) is 1.